The van der Waals surface area contributed by atoms with Crippen LogP contribution in [0.1, 0.15) is 72.1 Å². The second-order valence-corrected chi connectivity index (χ2v) is 12.9. The van der Waals surface area contributed by atoms with Crippen LogP contribution in [-0.2, 0) is 4.79 Å². The van der Waals surface area contributed by atoms with Crippen molar-refractivity contribution >= 4 is 17.7 Å². The lowest BCUT2D eigenvalue weighted by atomic mass is 9.46. The van der Waals surface area contributed by atoms with Crippen LogP contribution >= 0.6 is 11.8 Å². The Morgan fingerprint density at radius 3 is 2.52 bits per heavy atom. The standard InChI is InChI=1S/C28H41NOS/c1-19(18-31-20-8-6-5-7-9-20)22-11-12-23-21-10-13-25-28(3,17-15-26(30)29(25)4)24(21)14-16-27(22,23)2/h5-9,19,21-25H,10-18H2,1-4H3/t19?,21-,22+,23-,24-,25?,27+,28+/m0/s1. The van der Waals surface area contributed by atoms with Gasteiger partial charge in [-0.05, 0) is 97.5 Å². The summed E-state index contributed by atoms with van der Waals surface area (Å²) in [5.41, 5.74) is 0.872. The van der Waals surface area contributed by atoms with Gasteiger partial charge in [-0.25, -0.2) is 0 Å². The Morgan fingerprint density at radius 1 is 1.00 bits per heavy atom. The molecule has 3 heteroatoms. The molecule has 1 aliphatic heterocycles. The highest BCUT2D eigenvalue weighted by molar-refractivity contribution is 7.99. The third-order valence-electron chi connectivity index (χ3n) is 10.6. The fourth-order valence-electron chi connectivity index (χ4n) is 8.99. The lowest BCUT2D eigenvalue weighted by Crippen LogP contribution is -2.61. The van der Waals surface area contributed by atoms with Gasteiger partial charge in [0.05, 0.1) is 0 Å². The van der Waals surface area contributed by atoms with Crippen molar-refractivity contribution in [1.82, 2.24) is 4.90 Å². The first-order chi connectivity index (χ1) is 14.8. The highest BCUT2D eigenvalue weighted by Crippen LogP contribution is 2.67. The number of fused-ring (bicyclic) bond motifs is 5. The summed E-state index contributed by atoms with van der Waals surface area (Å²) in [7, 11) is 2.08. The molecule has 31 heavy (non-hydrogen) atoms. The van der Waals surface area contributed by atoms with Crippen molar-refractivity contribution in [1.29, 1.82) is 0 Å². The van der Waals surface area contributed by atoms with E-state index in [1.54, 1.807) is 0 Å². The van der Waals surface area contributed by atoms with Crippen LogP contribution in [0.3, 0.4) is 0 Å². The van der Waals surface area contributed by atoms with Crippen LogP contribution in [0.5, 0.6) is 0 Å². The number of hydrogen-bond acceptors (Lipinski definition) is 2. The first-order valence-corrected chi connectivity index (χ1v) is 13.8. The Bertz CT molecular complexity index is 810. The molecular formula is C28H41NOS. The monoisotopic (exact) mass is 439 g/mol. The number of benzene rings is 1. The smallest absolute Gasteiger partial charge is 0.222 e. The molecule has 1 aromatic rings. The van der Waals surface area contributed by atoms with E-state index >= 15 is 0 Å². The number of carbonyl (C=O) groups excluding carboxylic acids is 1. The van der Waals surface area contributed by atoms with Gasteiger partial charge in [-0.2, -0.15) is 0 Å². The van der Waals surface area contributed by atoms with Crippen molar-refractivity contribution in [2.24, 2.45) is 40.4 Å². The summed E-state index contributed by atoms with van der Waals surface area (Å²) >= 11 is 2.05. The second kappa shape index (κ2) is 8.12. The lowest BCUT2D eigenvalue weighted by molar-refractivity contribution is -0.158. The molecule has 2 unspecified atom stereocenters. The molecule has 3 aliphatic carbocycles. The number of piperidine rings is 1. The molecule has 1 amide bonds. The highest BCUT2D eigenvalue weighted by Gasteiger charge is 2.61. The van der Waals surface area contributed by atoms with Gasteiger partial charge in [0.2, 0.25) is 5.91 Å². The zero-order valence-corrected chi connectivity index (χ0v) is 20.8. The van der Waals surface area contributed by atoms with Gasteiger partial charge in [-0.3, -0.25) is 4.79 Å². The summed E-state index contributed by atoms with van der Waals surface area (Å²) < 4.78 is 0. The van der Waals surface area contributed by atoms with E-state index in [-0.39, 0.29) is 0 Å². The fourth-order valence-corrected chi connectivity index (χ4v) is 10.0. The summed E-state index contributed by atoms with van der Waals surface area (Å²) in [4.78, 5) is 15.9. The molecule has 0 radical (unpaired) electrons. The van der Waals surface area contributed by atoms with E-state index in [2.05, 4.69) is 74.8 Å². The maximum Gasteiger partial charge on any atom is 0.222 e. The number of nitrogens with zero attached hydrogens (tertiary/aromatic N) is 1. The minimum Gasteiger partial charge on any atom is -0.342 e. The molecule has 0 bridgehead atoms. The van der Waals surface area contributed by atoms with Crippen molar-refractivity contribution in [3.63, 3.8) is 0 Å². The molecule has 0 aromatic heterocycles. The normalized spacial score (nSPS) is 43.2. The van der Waals surface area contributed by atoms with Gasteiger partial charge in [-0.1, -0.05) is 39.0 Å². The van der Waals surface area contributed by atoms with Gasteiger partial charge in [-0.15, -0.1) is 11.8 Å². The van der Waals surface area contributed by atoms with Gasteiger partial charge in [0.25, 0.3) is 0 Å². The van der Waals surface area contributed by atoms with Crippen LogP contribution in [0.15, 0.2) is 35.2 Å². The molecule has 4 fully saturated rings. The predicted octanol–water partition coefficient (Wildman–Crippen LogP) is 6.89. The molecule has 2 nitrogen and oxygen atoms in total. The lowest BCUT2D eigenvalue weighted by Gasteiger charge is -2.62. The van der Waals surface area contributed by atoms with E-state index in [1.807, 2.05) is 0 Å². The molecule has 1 heterocycles. The van der Waals surface area contributed by atoms with Crippen LogP contribution in [0.25, 0.3) is 0 Å². The zero-order valence-electron chi connectivity index (χ0n) is 20.0. The average Bonchev–Trinajstić information content (AvgIpc) is 3.13. The number of hydrogen-bond donors (Lipinski definition) is 0. The van der Waals surface area contributed by atoms with E-state index < -0.39 is 0 Å². The molecule has 1 saturated heterocycles. The van der Waals surface area contributed by atoms with Crippen molar-refractivity contribution in [3.05, 3.63) is 30.3 Å². The van der Waals surface area contributed by atoms with Gasteiger partial charge >= 0.3 is 0 Å². The Kier molecular flexibility index (Phi) is 5.72. The number of rotatable bonds is 4. The molecule has 0 spiro atoms. The number of amides is 1. The quantitative estimate of drug-likeness (QED) is 0.476. The van der Waals surface area contributed by atoms with E-state index in [1.165, 1.54) is 49.2 Å². The fraction of sp³-hybridized carbons (Fsp3) is 0.750. The maximum atomic E-state index is 12.4. The first kappa shape index (κ1) is 21.9. The Hall–Kier alpha value is -0.960. The summed E-state index contributed by atoms with van der Waals surface area (Å²) in [5, 5.41) is 0. The first-order valence-electron chi connectivity index (χ1n) is 12.8. The van der Waals surface area contributed by atoms with Crippen molar-refractivity contribution in [2.45, 2.75) is 83.1 Å². The van der Waals surface area contributed by atoms with Gasteiger partial charge in [0, 0.05) is 30.2 Å². The summed E-state index contributed by atoms with van der Waals surface area (Å²) in [6.07, 6.45) is 10.1. The second-order valence-electron chi connectivity index (χ2n) is 11.8. The number of thioether (sulfide) groups is 1. The van der Waals surface area contributed by atoms with Gasteiger partial charge in [0.1, 0.15) is 0 Å². The van der Waals surface area contributed by atoms with Crippen LogP contribution in [0, 0.1) is 40.4 Å². The minimum atomic E-state index is 0.347. The Morgan fingerprint density at radius 2 is 1.74 bits per heavy atom. The minimum absolute atomic E-state index is 0.347. The Balaban J connectivity index is 1.31. The molecule has 1 aromatic carbocycles. The van der Waals surface area contributed by atoms with Crippen molar-refractivity contribution < 1.29 is 4.79 Å². The number of likely N-dealkylation sites (tertiary alicyclic amines) is 1. The van der Waals surface area contributed by atoms with Crippen LogP contribution in [0.2, 0.25) is 0 Å². The Labute approximate surface area is 193 Å². The molecule has 5 rings (SSSR count). The highest BCUT2D eigenvalue weighted by atomic mass is 32.2. The van der Waals surface area contributed by atoms with E-state index in [0.717, 1.165) is 42.4 Å². The molecule has 3 saturated carbocycles. The van der Waals surface area contributed by atoms with E-state index in [4.69, 9.17) is 0 Å². The van der Waals surface area contributed by atoms with Crippen molar-refractivity contribution in [2.75, 3.05) is 12.8 Å². The van der Waals surface area contributed by atoms with Gasteiger partial charge < -0.3 is 4.90 Å². The maximum absolute atomic E-state index is 12.4. The molecule has 8 atom stereocenters. The summed E-state index contributed by atoms with van der Waals surface area (Å²) in [6, 6.07) is 11.4. The third kappa shape index (κ3) is 3.49. The van der Waals surface area contributed by atoms with Crippen LogP contribution in [-0.4, -0.2) is 29.6 Å². The molecule has 0 N–H and O–H groups in total. The SMILES string of the molecule is CC(CSc1ccccc1)[C@H]1CC[C@H]2[C@@H]3CCC4N(C)C(=O)CC[C@]4(C)[C@H]3CC[C@]12C. The molecule has 4 aliphatic rings. The zero-order chi connectivity index (χ0) is 21.8. The van der Waals surface area contributed by atoms with E-state index in [0.29, 0.717) is 22.8 Å². The summed E-state index contributed by atoms with van der Waals surface area (Å²) in [6.45, 7) is 7.74. The average molecular weight is 440 g/mol. The van der Waals surface area contributed by atoms with Crippen molar-refractivity contribution in [3.8, 4) is 0 Å². The third-order valence-corrected chi connectivity index (χ3v) is 11.9. The predicted molar refractivity (Wildman–Crippen MR) is 130 cm³/mol. The van der Waals surface area contributed by atoms with Crippen LogP contribution in [0.4, 0.5) is 0 Å². The van der Waals surface area contributed by atoms with Gasteiger partial charge in [0.15, 0.2) is 0 Å². The van der Waals surface area contributed by atoms with E-state index in [9.17, 15) is 4.79 Å². The van der Waals surface area contributed by atoms with Crippen LogP contribution < -0.4 is 0 Å². The largest absolute Gasteiger partial charge is 0.342 e. The summed E-state index contributed by atoms with van der Waals surface area (Å²) in [5.74, 6) is 5.90. The topological polar surface area (TPSA) is 20.3 Å². The molecule has 170 valence electrons. The number of carbonyl (C=O) groups is 1. The molecular weight excluding hydrogens is 398 g/mol.